The standard InChI is InChI=1S/C8H15NO2/c1-4-8(2,3)9-6-5-7(10)11/h5-6,9H,4H2,1-3H3,(H,10,11)/b6-5+. The number of aliphatic carboxylic acids is 1. The van der Waals surface area contributed by atoms with E-state index in [4.69, 9.17) is 5.11 Å². The van der Waals surface area contributed by atoms with E-state index in [1.807, 2.05) is 20.8 Å². The second-order valence-corrected chi connectivity index (χ2v) is 3.05. The number of carbonyl (C=O) groups is 1. The van der Waals surface area contributed by atoms with Crippen molar-refractivity contribution in [2.24, 2.45) is 0 Å². The van der Waals surface area contributed by atoms with E-state index in [9.17, 15) is 4.79 Å². The SMILES string of the molecule is CCC(C)(C)N/C=C/C(=O)O. The summed E-state index contributed by atoms with van der Waals surface area (Å²) in [6, 6.07) is 0. The largest absolute Gasteiger partial charge is 0.478 e. The number of carboxylic acids is 1. The Morgan fingerprint density at radius 2 is 2.18 bits per heavy atom. The van der Waals surface area contributed by atoms with Crippen LogP contribution in [0, 0.1) is 0 Å². The molecule has 0 atom stereocenters. The molecule has 0 saturated heterocycles. The first-order valence-electron chi connectivity index (χ1n) is 3.65. The first-order chi connectivity index (χ1) is 4.98. The number of hydrogen-bond donors (Lipinski definition) is 2. The van der Waals surface area contributed by atoms with E-state index in [2.05, 4.69) is 5.32 Å². The zero-order chi connectivity index (χ0) is 8.91. The van der Waals surface area contributed by atoms with Crippen LogP contribution in [0.25, 0.3) is 0 Å². The zero-order valence-corrected chi connectivity index (χ0v) is 7.22. The molecule has 3 heteroatoms. The molecule has 0 bridgehead atoms. The van der Waals surface area contributed by atoms with Crippen molar-refractivity contribution >= 4 is 5.97 Å². The van der Waals surface area contributed by atoms with Crippen LogP contribution in [0.3, 0.4) is 0 Å². The van der Waals surface area contributed by atoms with Crippen LogP contribution >= 0.6 is 0 Å². The molecule has 0 rings (SSSR count). The van der Waals surface area contributed by atoms with E-state index in [-0.39, 0.29) is 5.54 Å². The molecule has 0 unspecified atom stereocenters. The molecule has 2 N–H and O–H groups in total. The highest BCUT2D eigenvalue weighted by Gasteiger charge is 2.10. The Hall–Kier alpha value is -0.990. The Balaban J connectivity index is 3.78. The van der Waals surface area contributed by atoms with E-state index in [1.54, 1.807) is 0 Å². The van der Waals surface area contributed by atoms with Crippen molar-refractivity contribution in [1.82, 2.24) is 5.32 Å². The van der Waals surface area contributed by atoms with Crippen LogP contribution in [0.1, 0.15) is 27.2 Å². The zero-order valence-electron chi connectivity index (χ0n) is 7.22. The topological polar surface area (TPSA) is 49.3 Å². The fraction of sp³-hybridized carbons (Fsp3) is 0.625. The van der Waals surface area contributed by atoms with Crippen molar-refractivity contribution in [1.29, 1.82) is 0 Å². The van der Waals surface area contributed by atoms with Gasteiger partial charge < -0.3 is 10.4 Å². The van der Waals surface area contributed by atoms with Crippen LogP contribution in [-0.2, 0) is 4.79 Å². The minimum atomic E-state index is -0.926. The van der Waals surface area contributed by atoms with Crippen LogP contribution < -0.4 is 5.32 Å². The monoisotopic (exact) mass is 157 g/mol. The number of rotatable bonds is 4. The first kappa shape index (κ1) is 10.0. The molecule has 11 heavy (non-hydrogen) atoms. The van der Waals surface area contributed by atoms with Crippen molar-refractivity contribution in [3.8, 4) is 0 Å². The Kier molecular flexibility index (Phi) is 3.65. The minimum absolute atomic E-state index is 0.0219. The van der Waals surface area contributed by atoms with Gasteiger partial charge in [0, 0.05) is 17.8 Å². The molecular weight excluding hydrogens is 142 g/mol. The molecule has 0 aromatic heterocycles. The summed E-state index contributed by atoms with van der Waals surface area (Å²) in [6.45, 7) is 6.07. The van der Waals surface area contributed by atoms with E-state index < -0.39 is 5.97 Å². The molecular formula is C8H15NO2. The molecule has 3 nitrogen and oxygen atoms in total. The van der Waals surface area contributed by atoms with Crippen molar-refractivity contribution in [2.75, 3.05) is 0 Å². The molecule has 0 aromatic carbocycles. The maximum atomic E-state index is 10.0. The minimum Gasteiger partial charge on any atom is -0.478 e. The summed E-state index contributed by atoms with van der Waals surface area (Å²) in [7, 11) is 0. The summed E-state index contributed by atoms with van der Waals surface area (Å²) < 4.78 is 0. The summed E-state index contributed by atoms with van der Waals surface area (Å²) in [6.07, 6.45) is 3.51. The molecule has 0 aliphatic carbocycles. The lowest BCUT2D eigenvalue weighted by Crippen LogP contribution is -2.34. The quantitative estimate of drug-likeness (QED) is 0.606. The lowest BCUT2D eigenvalue weighted by atomic mass is 10.0. The van der Waals surface area contributed by atoms with Gasteiger partial charge in [-0.15, -0.1) is 0 Å². The van der Waals surface area contributed by atoms with Crippen molar-refractivity contribution in [3.05, 3.63) is 12.3 Å². The van der Waals surface area contributed by atoms with Gasteiger partial charge in [-0.25, -0.2) is 4.79 Å². The highest BCUT2D eigenvalue weighted by Crippen LogP contribution is 2.05. The van der Waals surface area contributed by atoms with Crippen molar-refractivity contribution < 1.29 is 9.90 Å². The van der Waals surface area contributed by atoms with Gasteiger partial charge in [-0.2, -0.15) is 0 Å². The van der Waals surface area contributed by atoms with Gasteiger partial charge >= 0.3 is 5.97 Å². The predicted octanol–water partition coefficient (Wildman–Crippen LogP) is 1.36. The average molecular weight is 157 g/mol. The molecule has 0 aromatic rings. The van der Waals surface area contributed by atoms with Gasteiger partial charge in [-0.3, -0.25) is 0 Å². The second-order valence-electron chi connectivity index (χ2n) is 3.05. The summed E-state index contributed by atoms with van der Waals surface area (Å²) >= 11 is 0. The summed E-state index contributed by atoms with van der Waals surface area (Å²) in [4.78, 5) is 10.0. The summed E-state index contributed by atoms with van der Waals surface area (Å²) in [5.41, 5.74) is -0.0219. The Labute approximate surface area is 67.1 Å². The third-order valence-corrected chi connectivity index (χ3v) is 1.58. The molecule has 0 aliphatic heterocycles. The highest BCUT2D eigenvalue weighted by molar-refractivity contribution is 5.79. The lowest BCUT2D eigenvalue weighted by molar-refractivity contribution is -0.131. The fourth-order valence-corrected chi connectivity index (χ4v) is 0.441. The van der Waals surface area contributed by atoms with Crippen LogP contribution in [-0.4, -0.2) is 16.6 Å². The molecule has 0 fully saturated rings. The van der Waals surface area contributed by atoms with Gasteiger partial charge in [0.25, 0.3) is 0 Å². The molecule has 64 valence electrons. The van der Waals surface area contributed by atoms with E-state index in [1.165, 1.54) is 6.20 Å². The van der Waals surface area contributed by atoms with Gasteiger partial charge in [-0.1, -0.05) is 6.92 Å². The number of carboxylic acid groups (broad SMARTS) is 1. The maximum Gasteiger partial charge on any atom is 0.329 e. The van der Waals surface area contributed by atoms with Crippen LogP contribution in [0.5, 0.6) is 0 Å². The predicted molar refractivity (Wildman–Crippen MR) is 44.3 cm³/mol. The molecule has 0 saturated carbocycles. The Morgan fingerprint density at radius 3 is 2.55 bits per heavy atom. The smallest absolute Gasteiger partial charge is 0.329 e. The average Bonchev–Trinajstić information content (AvgIpc) is 1.87. The van der Waals surface area contributed by atoms with Crippen LogP contribution in [0.15, 0.2) is 12.3 Å². The molecule has 0 aliphatic rings. The molecule has 0 radical (unpaired) electrons. The normalized spacial score (nSPS) is 11.9. The van der Waals surface area contributed by atoms with E-state index in [0.717, 1.165) is 12.5 Å². The molecule has 0 amide bonds. The summed E-state index contributed by atoms with van der Waals surface area (Å²) in [5, 5.41) is 11.2. The van der Waals surface area contributed by atoms with Crippen molar-refractivity contribution in [2.45, 2.75) is 32.7 Å². The van der Waals surface area contributed by atoms with E-state index >= 15 is 0 Å². The Morgan fingerprint density at radius 1 is 1.64 bits per heavy atom. The van der Waals surface area contributed by atoms with Gasteiger partial charge in [0.05, 0.1) is 0 Å². The van der Waals surface area contributed by atoms with Crippen LogP contribution in [0.4, 0.5) is 0 Å². The molecule has 0 spiro atoms. The second kappa shape index (κ2) is 4.01. The van der Waals surface area contributed by atoms with Crippen LogP contribution in [0.2, 0.25) is 0 Å². The highest BCUT2D eigenvalue weighted by atomic mass is 16.4. The lowest BCUT2D eigenvalue weighted by Gasteiger charge is -2.22. The van der Waals surface area contributed by atoms with Crippen molar-refractivity contribution in [3.63, 3.8) is 0 Å². The van der Waals surface area contributed by atoms with E-state index in [0.29, 0.717) is 0 Å². The molecule has 0 heterocycles. The Bertz CT molecular complexity index is 161. The number of nitrogens with one attached hydrogen (secondary N) is 1. The van der Waals surface area contributed by atoms with Gasteiger partial charge in [0.1, 0.15) is 0 Å². The number of hydrogen-bond acceptors (Lipinski definition) is 2. The van der Waals surface area contributed by atoms with Gasteiger partial charge in [0.15, 0.2) is 0 Å². The third kappa shape index (κ3) is 5.45. The fourth-order valence-electron chi connectivity index (χ4n) is 0.441. The van der Waals surface area contributed by atoms with Gasteiger partial charge in [0.2, 0.25) is 0 Å². The van der Waals surface area contributed by atoms with Gasteiger partial charge in [-0.05, 0) is 20.3 Å². The third-order valence-electron chi connectivity index (χ3n) is 1.58. The summed E-state index contributed by atoms with van der Waals surface area (Å²) in [5.74, 6) is -0.926. The first-order valence-corrected chi connectivity index (χ1v) is 3.65. The maximum absolute atomic E-state index is 10.0.